The minimum absolute atomic E-state index is 0.743. The summed E-state index contributed by atoms with van der Waals surface area (Å²) in [5, 5.41) is 1.06. The first-order chi connectivity index (χ1) is 6.29. The van der Waals surface area contributed by atoms with Gasteiger partial charge in [0.15, 0.2) is 0 Å². The Morgan fingerprint density at radius 3 is 2.62 bits per heavy atom. The summed E-state index contributed by atoms with van der Waals surface area (Å²) < 4.78 is 5.11. The van der Waals surface area contributed by atoms with Crippen molar-refractivity contribution in [2.45, 2.75) is 25.8 Å². The van der Waals surface area contributed by atoms with Crippen molar-refractivity contribution in [1.82, 2.24) is 4.90 Å². The predicted molar refractivity (Wildman–Crippen MR) is 59.4 cm³/mol. The van der Waals surface area contributed by atoms with Crippen LogP contribution in [0.3, 0.4) is 0 Å². The lowest BCUT2D eigenvalue weighted by Crippen LogP contribution is -2.38. The van der Waals surface area contributed by atoms with Crippen LogP contribution in [-0.4, -0.2) is 43.1 Å². The van der Waals surface area contributed by atoms with Crippen LogP contribution in [0.25, 0.3) is 0 Å². The third kappa shape index (κ3) is 3.96. The molecule has 3 heteroatoms. The molecular formula is C10H20BrNO. The molecule has 0 bridgehead atoms. The quantitative estimate of drug-likeness (QED) is 0.642. The van der Waals surface area contributed by atoms with E-state index < -0.39 is 0 Å². The average molecular weight is 250 g/mol. The summed E-state index contributed by atoms with van der Waals surface area (Å²) in [7, 11) is 1.77. The maximum Gasteiger partial charge on any atom is 0.0589 e. The summed E-state index contributed by atoms with van der Waals surface area (Å²) in [6.45, 7) is 5.40. The van der Waals surface area contributed by atoms with Gasteiger partial charge in [-0.1, -0.05) is 15.9 Å². The Morgan fingerprint density at radius 1 is 1.46 bits per heavy atom. The highest BCUT2D eigenvalue weighted by atomic mass is 79.9. The fourth-order valence-electron chi connectivity index (χ4n) is 1.71. The molecule has 0 aromatic carbocycles. The largest absolute Gasteiger partial charge is 0.383 e. The van der Waals surface area contributed by atoms with Crippen LogP contribution in [0.2, 0.25) is 0 Å². The zero-order valence-corrected chi connectivity index (χ0v) is 10.2. The third-order valence-corrected chi connectivity index (χ3v) is 3.19. The Labute approximate surface area is 89.8 Å². The molecule has 1 aliphatic carbocycles. The van der Waals surface area contributed by atoms with Gasteiger partial charge in [0.25, 0.3) is 0 Å². The smallest absolute Gasteiger partial charge is 0.0589 e. The van der Waals surface area contributed by atoms with Crippen LogP contribution in [0.15, 0.2) is 0 Å². The molecule has 13 heavy (non-hydrogen) atoms. The monoisotopic (exact) mass is 249 g/mol. The van der Waals surface area contributed by atoms with Crippen molar-refractivity contribution in [3.05, 3.63) is 0 Å². The molecule has 2 nitrogen and oxygen atoms in total. The summed E-state index contributed by atoms with van der Waals surface area (Å²) in [4.78, 5) is 2.52. The number of alkyl halides is 1. The summed E-state index contributed by atoms with van der Waals surface area (Å²) in [5.74, 6) is 0.955. The molecular weight excluding hydrogens is 230 g/mol. The number of hydrogen-bond donors (Lipinski definition) is 0. The van der Waals surface area contributed by atoms with Gasteiger partial charge in [-0.3, -0.25) is 4.90 Å². The molecule has 1 atom stereocenters. The number of ether oxygens (including phenoxy) is 1. The molecule has 78 valence electrons. The highest BCUT2D eigenvalue weighted by Crippen LogP contribution is 2.34. The van der Waals surface area contributed by atoms with Gasteiger partial charge in [0.1, 0.15) is 0 Å². The second kappa shape index (κ2) is 5.99. The van der Waals surface area contributed by atoms with Crippen molar-refractivity contribution >= 4 is 15.9 Å². The average Bonchev–Trinajstić information content (AvgIpc) is 2.94. The highest BCUT2D eigenvalue weighted by Gasteiger charge is 2.31. The van der Waals surface area contributed by atoms with Gasteiger partial charge < -0.3 is 4.74 Å². The normalized spacial score (nSPS) is 19.4. The number of hydrogen-bond acceptors (Lipinski definition) is 2. The highest BCUT2D eigenvalue weighted by molar-refractivity contribution is 9.09. The van der Waals surface area contributed by atoms with E-state index in [1.807, 2.05) is 0 Å². The molecule has 0 spiro atoms. The molecule has 1 aliphatic rings. The molecule has 0 amide bonds. The maximum atomic E-state index is 5.11. The van der Waals surface area contributed by atoms with Crippen molar-refractivity contribution in [3.63, 3.8) is 0 Å². The van der Waals surface area contributed by atoms with Gasteiger partial charge in [0, 0.05) is 31.6 Å². The Morgan fingerprint density at radius 2 is 2.15 bits per heavy atom. The molecule has 0 radical (unpaired) electrons. The third-order valence-electron chi connectivity index (χ3n) is 2.83. The van der Waals surface area contributed by atoms with Crippen LogP contribution < -0.4 is 0 Å². The van der Waals surface area contributed by atoms with Gasteiger partial charge in [-0.2, -0.15) is 0 Å². The van der Waals surface area contributed by atoms with E-state index >= 15 is 0 Å². The number of halogens is 1. The number of nitrogens with zero attached hydrogens (tertiary/aromatic N) is 1. The minimum atomic E-state index is 0.743. The minimum Gasteiger partial charge on any atom is -0.383 e. The Bertz CT molecular complexity index is 139. The van der Waals surface area contributed by atoms with Gasteiger partial charge in [-0.15, -0.1) is 0 Å². The van der Waals surface area contributed by atoms with Crippen molar-refractivity contribution in [1.29, 1.82) is 0 Å². The van der Waals surface area contributed by atoms with Crippen molar-refractivity contribution in [2.75, 3.05) is 32.1 Å². The van der Waals surface area contributed by atoms with Crippen LogP contribution in [0.1, 0.15) is 19.8 Å². The molecule has 1 rings (SSSR count). The van der Waals surface area contributed by atoms with Crippen molar-refractivity contribution in [3.8, 4) is 0 Å². The van der Waals surface area contributed by atoms with Crippen molar-refractivity contribution < 1.29 is 4.74 Å². The van der Waals surface area contributed by atoms with E-state index in [9.17, 15) is 0 Å². The van der Waals surface area contributed by atoms with Crippen LogP contribution in [-0.2, 0) is 4.74 Å². The summed E-state index contributed by atoms with van der Waals surface area (Å²) in [6.07, 6.45) is 2.85. The molecule has 0 aliphatic heterocycles. The molecule has 1 fully saturated rings. The van der Waals surface area contributed by atoms with E-state index in [1.54, 1.807) is 7.11 Å². The number of rotatable bonds is 7. The zero-order valence-electron chi connectivity index (χ0n) is 8.63. The Kier molecular flexibility index (Phi) is 5.29. The van der Waals surface area contributed by atoms with E-state index in [1.165, 1.54) is 12.8 Å². The molecule has 0 aromatic heterocycles. The van der Waals surface area contributed by atoms with Gasteiger partial charge in [-0.05, 0) is 25.7 Å². The van der Waals surface area contributed by atoms with Crippen LogP contribution in [0.4, 0.5) is 0 Å². The Balaban J connectivity index is 2.26. The fraction of sp³-hybridized carbons (Fsp3) is 1.00. The molecule has 0 N–H and O–H groups in total. The van der Waals surface area contributed by atoms with E-state index in [2.05, 4.69) is 27.8 Å². The fourth-order valence-corrected chi connectivity index (χ4v) is 2.17. The SMILES string of the molecule is COCCN(CCBr)C(C)C1CC1. The van der Waals surface area contributed by atoms with Gasteiger partial charge in [0.2, 0.25) is 0 Å². The molecule has 0 heterocycles. The first-order valence-corrected chi connectivity index (χ1v) is 6.20. The summed E-state index contributed by atoms with van der Waals surface area (Å²) >= 11 is 3.50. The maximum absolute atomic E-state index is 5.11. The molecule has 0 aromatic rings. The lowest BCUT2D eigenvalue weighted by Gasteiger charge is -2.28. The van der Waals surface area contributed by atoms with Crippen molar-refractivity contribution in [2.24, 2.45) is 5.92 Å². The van der Waals surface area contributed by atoms with E-state index in [4.69, 9.17) is 4.74 Å². The first-order valence-electron chi connectivity index (χ1n) is 5.08. The van der Waals surface area contributed by atoms with Crippen LogP contribution in [0.5, 0.6) is 0 Å². The van der Waals surface area contributed by atoms with Gasteiger partial charge in [0.05, 0.1) is 6.61 Å². The van der Waals surface area contributed by atoms with Gasteiger partial charge in [-0.25, -0.2) is 0 Å². The summed E-state index contributed by atoms with van der Waals surface area (Å²) in [5.41, 5.74) is 0. The molecule has 1 unspecified atom stereocenters. The Hall–Kier alpha value is 0.400. The topological polar surface area (TPSA) is 12.5 Å². The van der Waals surface area contributed by atoms with E-state index in [0.29, 0.717) is 0 Å². The van der Waals surface area contributed by atoms with E-state index in [0.717, 1.165) is 37.0 Å². The van der Waals surface area contributed by atoms with Gasteiger partial charge >= 0.3 is 0 Å². The second-order valence-corrected chi connectivity index (χ2v) is 4.59. The summed E-state index contributed by atoms with van der Waals surface area (Å²) in [6, 6.07) is 0.743. The van der Waals surface area contributed by atoms with Crippen LogP contribution in [0, 0.1) is 5.92 Å². The molecule has 1 saturated carbocycles. The number of methoxy groups -OCH3 is 1. The predicted octanol–water partition coefficient (Wildman–Crippen LogP) is 2.13. The zero-order chi connectivity index (χ0) is 9.68. The first kappa shape index (κ1) is 11.5. The standard InChI is InChI=1S/C10H20BrNO/c1-9(10-3-4-10)12(6-5-11)7-8-13-2/h9-10H,3-8H2,1-2H3. The second-order valence-electron chi connectivity index (χ2n) is 3.80. The van der Waals surface area contributed by atoms with Crippen LogP contribution >= 0.6 is 15.9 Å². The van der Waals surface area contributed by atoms with E-state index in [-0.39, 0.29) is 0 Å². The lowest BCUT2D eigenvalue weighted by molar-refractivity contribution is 0.122. The molecule has 0 saturated heterocycles. The lowest BCUT2D eigenvalue weighted by atomic mass is 10.2.